The molecule has 1 fully saturated rings. The molecule has 1 aliphatic rings. The predicted octanol–water partition coefficient (Wildman–Crippen LogP) is 3.49. The number of thiocarbonyl (C=S) groups is 1. The number of rotatable bonds is 6. The van der Waals surface area contributed by atoms with E-state index in [0.717, 1.165) is 41.7 Å². The van der Waals surface area contributed by atoms with Gasteiger partial charge in [-0.3, -0.25) is 4.79 Å². The van der Waals surface area contributed by atoms with E-state index < -0.39 is 0 Å². The lowest BCUT2D eigenvalue weighted by atomic mass is 10.1. The molecule has 0 amide bonds. The Morgan fingerprint density at radius 3 is 2.97 bits per heavy atom. The quantitative estimate of drug-likeness (QED) is 0.605. The van der Waals surface area contributed by atoms with Crippen LogP contribution in [0.25, 0.3) is 10.9 Å². The molecule has 2 aromatic heterocycles. The molecular weight excluding hydrogens is 386 g/mol. The molecule has 7 heteroatoms. The van der Waals surface area contributed by atoms with Crippen LogP contribution in [0.5, 0.6) is 0 Å². The van der Waals surface area contributed by atoms with Gasteiger partial charge in [-0.1, -0.05) is 18.2 Å². The normalized spacial score (nSPS) is 16.2. The highest BCUT2D eigenvalue weighted by Gasteiger charge is 2.19. The Balaban J connectivity index is 1.55. The first-order valence-electron chi connectivity index (χ1n) is 9.88. The molecule has 1 unspecified atom stereocenters. The van der Waals surface area contributed by atoms with Gasteiger partial charge in [0.1, 0.15) is 5.76 Å². The standard InChI is InChI=1S/C22H25N3O3S/c1-15-5-2-6-16-11-17(21(26)24-20(15)16)13-25(14-19-8-4-10-28-19)22(29)23-12-18-7-3-9-27-18/h2,4-6,8,10-11,18H,3,7,9,12-14H2,1H3,(H,23,29)(H,24,26). The van der Waals surface area contributed by atoms with Gasteiger partial charge in [0.25, 0.3) is 5.56 Å². The second-order valence-electron chi connectivity index (χ2n) is 7.42. The number of aryl methyl sites for hydroxylation is 1. The summed E-state index contributed by atoms with van der Waals surface area (Å²) in [5.41, 5.74) is 2.49. The molecule has 4 rings (SSSR count). The van der Waals surface area contributed by atoms with Crippen molar-refractivity contribution >= 4 is 28.2 Å². The van der Waals surface area contributed by atoms with Gasteiger partial charge in [-0.05, 0) is 61.1 Å². The number of fused-ring (bicyclic) bond motifs is 1. The minimum Gasteiger partial charge on any atom is -0.467 e. The zero-order valence-electron chi connectivity index (χ0n) is 16.4. The highest BCUT2D eigenvalue weighted by atomic mass is 32.1. The second-order valence-corrected chi connectivity index (χ2v) is 7.81. The predicted molar refractivity (Wildman–Crippen MR) is 117 cm³/mol. The third-order valence-corrected chi connectivity index (χ3v) is 5.65. The van der Waals surface area contributed by atoms with E-state index in [4.69, 9.17) is 21.4 Å². The van der Waals surface area contributed by atoms with Crippen molar-refractivity contribution in [2.24, 2.45) is 0 Å². The molecule has 0 radical (unpaired) electrons. The van der Waals surface area contributed by atoms with Gasteiger partial charge in [0.05, 0.1) is 31.0 Å². The number of para-hydroxylation sites is 1. The fourth-order valence-corrected chi connectivity index (χ4v) is 3.87. The van der Waals surface area contributed by atoms with Gasteiger partial charge in [-0.2, -0.15) is 0 Å². The lowest BCUT2D eigenvalue weighted by molar-refractivity contribution is 0.113. The van der Waals surface area contributed by atoms with Gasteiger partial charge >= 0.3 is 0 Å². The first kappa shape index (κ1) is 19.7. The maximum Gasteiger partial charge on any atom is 0.253 e. The minimum atomic E-state index is -0.0989. The Kier molecular flexibility index (Phi) is 5.97. The summed E-state index contributed by atoms with van der Waals surface area (Å²) in [6.45, 7) is 4.33. The van der Waals surface area contributed by atoms with E-state index in [1.165, 1.54) is 0 Å². The minimum absolute atomic E-state index is 0.0989. The number of nitrogens with zero attached hydrogens (tertiary/aromatic N) is 1. The summed E-state index contributed by atoms with van der Waals surface area (Å²) in [6.07, 6.45) is 3.95. The molecule has 1 aliphatic heterocycles. The molecule has 2 N–H and O–H groups in total. The molecule has 0 spiro atoms. The summed E-state index contributed by atoms with van der Waals surface area (Å²) in [5.74, 6) is 0.791. The molecule has 1 aromatic carbocycles. The Hall–Kier alpha value is -2.64. The van der Waals surface area contributed by atoms with Crippen LogP contribution < -0.4 is 10.9 Å². The number of nitrogens with one attached hydrogen (secondary N) is 2. The van der Waals surface area contributed by atoms with Crippen molar-refractivity contribution in [3.05, 3.63) is 69.9 Å². The van der Waals surface area contributed by atoms with Crippen LogP contribution >= 0.6 is 12.2 Å². The summed E-state index contributed by atoms with van der Waals surface area (Å²) < 4.78 is 11.2. The van der Waals surface area contributed by atoms with Gasteiger partial charge in [-0.25, -0.2) is 0 Å². The molecule has 152 valence electrons. The average Bonchev–Trinajstić information content (AvgIpc) is 3.41. The van der Waals surface area contributed by atoms with E-state index in [9.17, 15) is 4.79 Å². The molecule has 1 atom stereocenters. The summed E-state index contributed by atoms with van der Waals surface area (Å²) in [5, 5.41) is 4.90. The van der Waals surface area contributed by atoms with E-state index in [0.29, 0.717) is 30.3 Å². The summed E-state index contributed by atoms with van der Waals surface area (Å²) >= 11 is 5.65. The maximum atomic E-state index is 12.7. The maximum absolute atomic E-state index is 12.7. The largest absolute Gasteiger partial charge is 0.467 e. The molecule has 6 nitrogen and oxygen atoms in total. The number of ether oxygens (including phenoxy) is 1. The smallest absolute Gasteiger partial charge is 0.253 e. The van der Waals surface area contributed by atoms with Gasteiger partial charge in [-0.15, -0.1) is 0 Å². The topological polar surface area (TPSA) is 70.5 Å². The molecule has 0 bridgehead atoms. The molecule has 1 saturated heterocycles. The lowest BCUT2D eigenvalue weighted by Crippen LogP contribution is -2.42. The number of hydrogen-bond donors (Lipinski definition) is 2. The van der Waals surface area contributed by atoms with Crippen molar-refractivity contribution in [1.82, 2.24) is 15.2 Å². The molecule has 29 heavy (non-hydrogen) atoms. The molecule has 0 aliphatic carbocycles. The number of H-pyrrole nitrogens is 1. The summed E-state index contributed by atoms with van der Waals surface area (Å²) in [4.78, 5) is 17.7. The van der Waals surface area contributed by atoms with Crippen LogP contribution in [0.3, 0.4) is 0 Å². The monoisotopic (exact) mass is 411 g/mol. The van der Waals surface area contributed by atoms with Crippen molar-refractivity contribution in [2.75, 3.05) is 13.2 Å². The van der Waals surface area contributed by atoms with E-state index >= 15 is 0 Å². The SMILES string of the molecule is Cc1cccc2cc(CN(Cc3ccco3)C(=S)NCC3CCCO3)c(=O)[nH]c12. The van der Waals surface area contributed by atoms with Crippen molar-refractivity contribution < 1.29 is 9.15 Å². The highest BCUT2D eigenvalue weighted by molar-refractivity contribution is 7.80. The second kappa shape index (κ2) is 8.80. The number of furan rings is 1. The van der Waals surface area contributed by atoms with Crippen molar-refractivity contribution in [1.29, 1.82) is 0 Å². The third-order valence-electron chi connectivity index (χ3n) is 5.25. The van der Waals surface area contributed by atoms with Crippen LogP contribution in [-0.2, 0) is 17.8 Å². The fraction of sp³-hybridized carbons (Fsp3) is 0.364. The first-order chi connectivity index (χ1) is 14.1. The first-order valence-corrected chi connectivity index (χ1v) is 10.3. The van der Waals surface area contributed by atoms with Gasteiger partial charge in [0.15, 0.2) is 5.11 Å². The summed E-state index contributed by atoms with van der Waals surface area (Å²) in [7, 11) is 0. The highest BCUT2D eigenvalue weighted by Crippen LogP contribution is 2.17. The third kappa shape index (κ3) is 4.68. The summed E-state index contributed by atoms with van der Waals surface area (Å²) in [6, 6.07) is 11.7. The molecule has 3 heterocycles. The van der Waals surface area contributed by atoms with Gasteiger partial charge < -0.3 is 24.4 Å². The van der Waals surface area contributed by atoms with Crippen LogP contribution in [0.4, 0.5) is 0 Å². The molecule has 3 aromatic rings. The Morgan fingerprint density at radius 2 is 2.21 bits per heavy atom. The lowest BCUT2D eigenvalue weighted by Gasteiger charge is -2.26. The Morgan fingerprint density at radius 1 is 1.31 bits per heavy atom. The van der Waals surface area contributed by atoms with Gasteiger partial charge in [0, 0.05) is 18.7 Å². The number of aromatic amines is 1. The molecule has 0 saturated carbocycles. The zero-order valence-corrected chi connectivity index (χ0v) is 17.3. The molecular formula is C22H25N3O3S. The zero-order chi connectivity index (χ0) is 20.2. The van der Waals surface area contributed by atoms with Gasteiger partial charge in [0.2, 0.25) is 0 Å². The van der Waals surface area contributed by atoms with Crippen LogP contribution in [0.1, 0.15) is 29.7 Å². The van der Waals surface area contributed by atoms with Crippen LogP contribution in [0.15, 0.2) is 51.9 Å². The van der Waals surface area contributed by atoms with Crippen molar-refractivity contribution in [2.45, 2.75) is 39.0 Å². The Bertz CT molecular complexity index is 1040. The number of pyridine rings is 1. The number of aromatic nitrogens is 1. The van der Waals surface area contributed by atoms with E-state index in [-0.39, 0.29) is 11.7 Å². The van der Waals surface area contributed by atoms with E-state index in [2.05, 4.69) is 10.3 Å². The van der Waals surface area contributed by atoms with Crippen LogP contribution in [-0.4, -0.2) is 34.3 Å². The van der Waals surface area contributed by atoms with Crippen molar-refractivity contribution in [3.63, 3.8) is 0 Å². The Labute approximate surface area is 174 Å². The van der Waals surface area contributed by atoms with E-state index in [1.54, 1.807) is 6.26 Å². The fourth-order valence-electron chi connectivity index (χ4n) is 3.66. The van der Waals surface area contributed by atoms with E-state index in [1.807, 2.05) is 48.2 Å². The number of benzene rings is 1. The van der Waals surface area contributed by atoms with Crippen LogP contribution in [0, 0.1) is 6.92 Å². The van der Waals surface area contributed by atoms with Crippen LogP contribution in [0.2, 0.25) is 0 Å². The average molecular weight is 412 g/mol. The number of hydrogen-bond acceptors (Lipinski definition) is 4. The van der Waals surface area contributed by atoms with Crippen molar-refractivity contribution in [3.8, 4) is 0 Å².